The molecule has 29 heavy (non-hydrogen) atoms. The minimum Gasteiger partial charge on any atom is -0.482 e. The SMILES string of the molecule is O=C(CN1C(=O)COc2cc(Br)ccc21)Nc1ccccc1Cc1ccccc1. The lowest BCUT2D eigenvalue weighted by Gasteiger charge is -2.29. The van der Waals surface area contributed by atoms with E-state index in [0.29, 0.717) is 17.9 Å². The maximum Gasteiger partial charge on any atom is 0.265 e. The number of hydrogen-bond donors (Lipinski definition) is 1. The molecule has 0 aliphatic carbocycles. The molecule has 4 rings (SSSR count). The number of benzene rings is 3. The van der Waals surface area contributed by atoms with Gasteiger partial charge in [-0.05, 0) is 41.8 Å². The highest BCUT2D eigenvalue weighted by Crippen LogP contribution is 2.34. The average molecular weight is 451 g/mol. The fourth-order valence-corrected chi connectivity index (χ4v) is 3.64. The Kier molecular flexibility index (Phi) is 5.62. The van der Waals surface area contributed by atoms with Crippen molar-refractivity contribution in [3.05, 3.63) is 88.4 Å². The normalized spacial score (nSPS) is 12.9. The molecule has 3 aromatic rings. The monoisotopic (exact) mass is 450 g/mol. The molecule has 0 fully saturated rings. The van der Waals surface area contributed by atoms with E-state index < -0.39 is 0 Å². The molecule has 0 saturated heterocycles. The van der Waals surface area contributed by atoms with Gasteiger partial charge in [-0.1, -0.05) is 64.5 Å². The van der Waals surface area contributed by atoms with Crippen LogP contribution in [0.15, 0.2) is 77.3 Å². The van der Waals surface area contributed by atoms with Crippen molar-refractivity contribution < 1.29 is 14.3 Å². The van der Waals surface area contributed by atoms with E-state index in [-0.39, 0.29) is 25.0 Å². The van der Waals surface area contributed by atoms with Crippen molar-refractivity contribution in [2.75, 3.05) is 23.4 Å². The minimum absolute atomic E-state index is 0.0729. The van der Waals surface area contributed by atoms with Crippen LogP contribution in [0.25, 0.3) is 0 Å². The van der Waals surface area contributed by atoms with Gasteiger partial charge in [-0.3, -0.25) is 14.5 Å². The lowest BCUT2D eigenvalue weighted by molar-refractivity contribution is -0.123. The molecule has 6 heteroatoms. The number of carbonyl (C=O) groups excluding carboxylic acids is 2. The number of amides is 2. The van der Waals surface area contributed by atoms with E-state index in [2.05, 4.69) is 33.4 Å². The van der Waals surface area contributed by atoms with Crippen molar-refractivity contribution in [3.63, 3.8) is 0 Å². The summed E-state index contributed by atoms with van der Waals surface area (Å²) in [5.41, 5.74) is 3.53. The summed E-state index contributed by atoms with van der Waals surface area (Å²) in [4.78, 5) is 26.6. The van der Waals surface area contributed by atoms with Crippen molar-refractivity contribution in [1.82, 2.24) is 0 Å². The third-order valence-corrected chi connectivity index (χ3v) is 5.19. The smallest absolute Gasteiger partial charge is 0.265 e. The first-order valence-electron chi connectivity index (χ1n) is 9.24. The van der Waals surface area contributed by atoms with Crippen LogP contribution in [0, 0.1) is 0 Å². The van der Waals surface area contributed by atoms with Gasteiger partial charge in [0.2, 0.25) is 5.91 Å². The van der Waals surface area contributed by atoms with E-state index in [4.69, 9.17) is 4.74 Å². The largest absolute Gasteiger partial charge is 0.482 e. The Bertz CT molecular complexity index is 1050. The van der Waals surface area contributed by atoms with E-state index in [1.54, 1.807) is 12.1 Å². The van der Waals surface area contributed by atoms with Gasteiger partial charge in [-0.15, -0.1) is 0 Å². The van der Waals surface area contributed by atoms with E-state index in [1.807, 2.05) is 48.5 Å². The molecule has 0 aromatic heterocycles. The first-order chi connectivity index (χ1) is 14.1. The first-order valence-corrected chi connectivity index (χ1v) is 10.0. The van der Waals surface area contributed by atoms with Crippen LogP contribution in [0.4, 0.5) is 11.4 Å². The Hall–Kier alpha value is -3.12. The number of carbonyl (C=O) groups is 2. The van der Waals surface area contributed by atoms with Crippen LogP contribution < -0.4 is 15.0 Å². The van der Waals surface area contributed by atoms with E-state index in [9.17, 15) is 9.59 Å². The van der Waals surface area contributed by atoms with Crippen molar-refractivity contribution in [1.29, 1.82) is 0 Å². The number of anilines is 2. The molecule has 1 aliphatic rings. The van der Waals surface area contributed by atoms with Gasteiger partial charge in [0.1, 0.15) is 12.3 Å². The van der Waals surface area contributed by atoms with Crippen LogP contribution >= 0.6 is 15.9 Å². The minimum atomic E-state index is -0.255. The molecule has 1 heterocycles. The third kappa shape index (κ3) is 4.49. The molecule has 1 N–H and O–H groups in total. The van der Waals surface area contributed by atoms with Crippen molar-refractivity contribution in [2.45, 2.75) is 6.42 Å². The number of halogens is 1. The number of hydrogen-bond acceptors (Lipinski definition) is 3. The Morgan fingerprint density at radius 2 is 1.79 bits per heavy atom. The summed E-state index contributed by atoms with van der Waals surface area (Å²) in [5, 5.41) is 2.96. The number of rotatable bonds is 5. The first kappa shape index (κ1) is 19.2. The van der Waals surface area contributed by atoms with Gasteiger partial charge in [-0.25, -0.2) is 0 Å². The fourth-order valence-electron chi connectivity index (χ4n) is 3.30. The Labute approximate surface area is 177 Å². The van der Waals surface area contributed by atoms with Gasteiger partial charge in [0.15, 0.2) is 6.61 Å². The molecule has 0 saturated carbocycles. The van der Waals surface area contributed by atoms with E-state index in [0.717, 1.165) is 21.3 Å². The fraction of sp³-hybridized carbons (Fsp3) is 0.130. The predicted molar refractivity (Wildman–Crippen MR) is 116 cm³/mol. The maximum absolute atomic E-state index is 12.8. The molecule has 0 spiro atoms. The van der Waals surface area contributed by atoms with Gasteiger partial charge < -0.3 is 10.1 Å². The average Bonchev–Trinajstić information content (AvgIpc) is 2.72. The molecule has 0 radical (unpaired) electrons. The Balaban J connectivity index is 1.50. The zero-order valence-electron chi connectivity index (χ0n) is 15.6. The second kappa shape index (κ2) is 8.49. The molecule has 0 atom stereocenters. The zero-order valence-corrected chi connectivity index (χ0v) is 17.2. The number of ether oxygens (including phenoxy) is 1. The summed E-state index contributed by atoms with van der Waals surface area (Å²) >= 11 is 3.39. The van der Waals surface area contributed by atoms with Crippen LogP contribution in [0.5, 0.6) is 5.75 Å². The molecule has 5 nitrogen and oxygen atoms in total. The summed E-state index contributed by atoms with van der Waals surface area (Å²) in [6, 6.07) is 23.2. The maximum atomic E-state index is 12.8. The summed E-state index contributed by atoms with van der Waals surface area (Å²) < 4.78 is 6.33. The number of fused-ring (bicyclic) bond motifs is 1. The van der Waals surface area contributed by atoms with Crippen LogP contribution in [-0.2, 0) is 16.0 Å². The Morgan fingerprint density at radius 3 is 2.62 bits per heavy atom. The van der Waals surface area contributed by atoms with Crippen LogP contribution in [0.3, 0.4) is 0 Å². The highest BCUT2D eigenvalue weighted by atomic mass is 79.9. The third-order valence-electron chi connectivity index (χ3n) is 4.70. The van der Waals surface area contributed by atoms with E-state index >= 15 is 0 Å². The van der Waals surface area contributed by atoms with Gasteiger partial charge >= 0.3 is 0 Å². The number of nitrogens with zero attached hydrogens (tertiary/aromatic N) is 1. The molecule has 1 aliphatic heterocycles. The lowest BCUT2D eigenvalue weighted by atomic mass is 10.0. The summed E-state index contributed by atoms with van der Waals surface area (Å²) in [7, 11) is 0. The van der Waals surface area contributed by atoms with Gasteiger partial charge in [-0.2, -0.15) is 0 Å². The van der Waals surface area contributed by atoms with Gasteiger partial charge in [0.05, 0.1) is 5.69 Å². The van der Waals surface area contributed by atoms with Crippen LogP contribution in [0.1, 0.15) is 11.1 Å². The van der Waals surface area contributed by atoms with Crippen molar-refractivity contribution >= 4 is 39.1 Å². The lowest BCUT2D eigenvalue weighted by Crippen LogP contribution is -2.43. The van der Waals surface area contributed by atoms with Crippen LogP contribution in [0.2, 0.25) is 0 Å². The van der Waals surface area contributed by atoms with Gasteiger partial charge in [0.25, 0.3) is 5.91 Å². The molecule has 146 valence electrons. The topological polar surface area (TPSA) is 58.6 Å². The zero-order chi connectivity index (χ0) is 20.2. The second-order valence-corrected chi connectivity index (χ2v) is 7.66. The van der Waals surface area contributed by atoms with E-state index in [1.165, 1.54) is 4.90 Å². The summed E-state index contributed by atoms with van der Waals surface area (Å²) in [6.45, 7) is -0.155. The quantitative estimate of drug-likeness (QED) is 0.626. The van der Waals surface area contributed by atoms with Gasteiger partial charge in [0, 0.05) is 10.2 Å². The van der Waals surface area contributed by atoms with Crippen molar-refractivity contribution in [3.8, 4) is 5.75 Å². The molecule has 2 amide bonds. The molecular formula is C23H19BrN2O3. The molecule has 0 bridgehead atoms. The number of nitrogens with one attached hydrogen (secondary N) is 1. The Morgan fingerprint density at radius 1 is 1.03 bits per heavy atom. The molecule has 3 aromatic carbocycles. The molecule has 0 unspecified atom stereocenters. The molecular weight excluding hydrogens is 432 g/mol. The summed E-state index contributed by atoms with van der Waals surface area (Å²) in [5.74, 6) is 0.0819. The van der Waals surface area contributed by atoms with Crippen LogP contribution in [-0.4, -0.2) is 25.0 Å². The summed E-state index contributed by atoms with van der Waals surface area (Å²) in [6.07, 6.45) is 0.713. The number of para-hydroxylation sites is 1. The highest BCUT2D eigenvalue weighted by Gasteiger charge is 2.27. The second-order valence-electron chi connectivity index (χ2n) is 6.75. The predicted octanol–water partition coefficient (Wildman–Crippen LogP) is 4.40. The highest BCUT2D eigenvalue weighted by molar-refractivity contribution is 9.10. The standard InChI is InChI=1S/C23H19BrN2O3/c24-18-10-11-20-21(13-18)29-15-23(28)26(20)14-22(27)25-19-9-5-4-8-17(19)12-16-6-2-1-3-7-16/h1-11,13H,12,14-15H2,(H,25,27). The van der Waals surface area contributed by atoms with Crippen molar-refractivity contribution in [2.24, 2.45) is 0 Å².